The number of halogens is 1. The maximum Gasteiger partial charge on any atom is 0.341 e. The number of pyridine rings is 1. The molecule has 2 aliphatic rings. The number of aromatic nitrogens is 1. The molecule has 0 saturated heterocycles. The van der Waals surface area contributed by atoms with E-state index in [0.29, 0.717) is 52.1 Å². The lowest BCUT2D eigenvalue weighted by Gasteiger charge is -2.25. The summed E-state index contributed by atoms with van der Waals surface area (Å²) in [6, 6.07) is 4.63. The Labute approximate surface area is 174 Å². The molecule has 1 aliphatic carbocycles. The average molecular weight is 438 g/mol. The van der Waals surface area contributed by atoms with E-state index in [2.05, 4.69) is 0 Å². The van der Waals surface area contributed by atoms with Crippen LogP contribution in [0.4, 0.5) is 0 Å². The molecule has 7 nitrogen and oxygen atoms in total. The molecule has 1 fully saturated rings. The highest BCUT2D eigenvalue weighted by Crippen LogP contribution is 2.45. The Morgan fingerprint density at radius 1 is 1.31 bits per heavy atom. The molecule has 0 bridgehead atoms. The van der Waals surface area contributed by atoms with Gasteiger partial charge in [0.1, 0.15) is 11.3 Å². The Balaban J connectivity index is 1.84. The van der Waals surface area contributed by atoms with Gasteiger partial charge in [-0.25, -0.2) is 4.79 Å². The van der Waals surface area contributed by atoms with Crippen molar-refractivity contribution >= 4 is 28.4 Å². The van der Waals surface area contributed by atoms with Gasteiger partial charge >= 0.3 is 5.97 Å². The van der Waals surface area contributed by atoms with Gasteiger partial charge in [0.05, 0.1) is 38.8 Å². The number of nitrogens with zero attached hydrogens (tertiary/aromatic N) is 1. The van der Waals surface area contributed by atoms with E-state index in [0.717, 1.165) is 12.8 Å². The second-order valence-electron chi connectivity index (χ2n) is 7.11. The Bertz CT molecular complexity index is 1080. The zero-order chi connectivity index (χ0) is 20.7. The molecule has 0 spiro atoms. The van der Waals surface area contributed by atoms with Gasteiger partial charge in [0.2, 0.25) is 0 Å². The minimum Gasteiger partial charge on any atom is -0.492 e. The summed E-state index contributed by atoms with van der Waals surface area (Å²) in [5.74, 6) is -0.706. The van der Waals surface area contributed by atoms with Gasteiger partial charge in [-0.1, -0.05) is 11.6 Å². The maximum absolute atomic E-state index is 12.9. The van der Waals surface area contributed by atoms with Crippen molar-refractivity contribution in [1.29, 1.82) is 0 Å². The smallest absolute Gasteiger partial charge is 0.341 e. The molecule has 1 saturated carbocycles. The highest BCUT2D eigenvalue weighted by atomic mass is 35.5. The summed E-state index contributed by atoms with van der Waals surface area (Å²) < 4.78 is 25.2. The quantitative estimate of drug-likeness (QED) is 0.668. The first kappa shape index (κ1) is 20.1. The first-order chi connectivity index (χ1) is 13.9. The van der Waals surface area contributed by atoms with Crippen LogP contribution in [-0.4, -0.2) is 40.2 Å². The first-order valence-electron chi connectivity index (χ1n) is 9.28. The molecule has 1 aliphatic heterocycles. The van der Waals surface area contributed by atoms with E-state index in [1.165, 1.54) is 6.07 Å². The number of hydrogen-bond donors (Lipinski definition) is 1. The van der Waals surface area contributed by atoms with Crippen molar-refractivity contribution in [2.24, 2.45) is 0 Å². The summed E-state index contributed by atoms with van der Waals surface area (Å²) in [7, 11) is 0.208. The van der Waals surface area contributed by atoms with Crippen molar-refractivity contribution in [1.82, 2.24) is 4.57 Å². The van der Waals surface area contributed by atoms with Gasteiger partial charge in [-0.3, -0.25) is 9.00 Å². The Morgan fingerprint density at radius 3 is 2.72 bits per heavy atom. The summed E-state index contributed by atoms with van der Waals surface area (Å²) >= 11 is 6.42. The van der Waals surface area contributed by atoms with E-state index < -0.39 is 22.3 Å². The summed E-state index contributed by atoms with van der Waals surface area (Å²) in [4.78, 5) is 24.9. The maximum atomic E-state index is 12.9. The molecule has 29 heavy (non-hydrogen) atoms. The van der Waals surface area contributed by atoms with Crippen LogP contribution >= 0.6 is 11.6 Å². The van der Waals surface area contributed by atoms with E-state index in [1.807, 2.05) is 0 Å². The summed E-state index contributed by atoms with van der Waals surface area (Å²) in [5.41, 5.74) is 0.975. The van der Waals surface area contributed by atoms with Crippen LogP contribution in [0.2, 0.25) is 5.02 Å². The van der Waals surface area contributed by atoms with Crippen molar-refractivity contribution in [2.45, 2.75) is 36.0 Å². The Morgan fingerprint density at radius 2 is 2.07 bits per heavy atom. The highest BCUT2D eigenvalue weighted by Gasteiger charge is 2.35. The molecule has 2 heterocycles. The van der Waals surface area contributed by atoms with Crippen molar-refractivity contribution in [2.75, 3.05) is 20.3 Å². The van der Waals surface area contributed by atoms with Gasteiger partial charge in [-0.2, -0.15) is 0 Å². The fourth-order valence-corrected chi connectivity index (χ4v) is 5.08. The van der Waals surface area contributed by atoms with E-state index in [9.17, 15) is 18.9 Å². The zero-order valence-corrected chi connectivity index (χ0v) is 17.3. The third kappa shape index (κ3) is 3.72. The molecule has 4 rings (SSSR count). The fourth-order valence-electron chi connectivity index (χ4n) is 3.56. The average Bonchev–Trinajstić information content (AvgIpc) is 3.50. The number of rotatable bonds is 7. The molecule has 1 N–H and O–H groups in total. The third-order valence-electron chi connectivity index (χ3n) is 5.03. The number of methoxy groups -OCH3 is 1. The molecular formula is C20H20ClNO6S. The fraction of sp³-hybridized carbons (Fsp3) is 0.400. The van der Waals surface area contributed by atoms with E-state index in [4.69, 9.17) is 21.1 Å². The van der Waals surface area contributed by atoms with Crippen LogP contribution in [0.25, 0.3) is 11.3 Å². The number of fused-ring (bicyclic) bond motifs is 3. The Hall–Kier alpha value is -2.16. The molecule has 0 radical (unpaired) electrons. The topological polar surface area (TPSA) is 94.8 Å². The van der Waals surface area contributed by atoms with E-state index in [1.54, 1.807) is 23.8 Å². The van der Waals surface area contributed by atoms with Gasteiger partial charge in [0.25, 0.3) is 5.56 Å². The molecule has 1 aromatic carbocycles. The van der Waals surface area contributed by atoms with Gasteiger partial charge in [0, 0.05) is 31.7 Å². The van der Waals surface area contributed by atoms with Crippen molar-refractivity contribution in [3.05, 3.63) is 44.7 Å². The minimum absolute atomic E-state index is 0.0429. The van der Waals surface area contributed by atoms with Crippen LogP contribution in [0, 0.1) is 0 Å². The predicted octanol–water partition coefficient (Wildman–Crippen LogP) is 3.24. The number of carbonyl (C=O) groups is 1. The monoisotopic (exact) mass is 437 g/mol. The van der Waals surface area contributed by atoms with Crippen molar-refractivity contribution in [3.63, 3.8) is 0 Å². The normalized spacial score (nSPS) is 17.5. The van der Waals surface area contributed by atoms with Gasteiger partial charge in [-0.05, 0) is 36.6 Å². The van der Waals surface area contributed by atoms with Crippen LogP contribution < -0.4 is 10.3 Å². The van der Waals surface area contributed by atoms with Crippen LogP contribution in [-0.2, 0) is 21.3 Å². The number of ether oxygens (including phenoxy) is 2. The van der Waals surface area contributed by atoms with Crippen molar-refractivity contribution < 1.29 is 23.6 Å². The lowest BCUT2D eigenvalue weighted by molar-refractivity contribution is 0.0694. The molecule has 1 unspecified atom stereocenters. The second kappa shape index (κ2) is 7.93. The predicted molar refractivity (Wildman–Crippen MR) is 108 cm³/mol. The number of hydrogen-bond acceptors (Lipinski definition) is 5. The molecule has 2 aromatic rings. The number of carboxylic acid groups (broad SMARTS) is 1. The number of carboxylic acids is 1. The molecule has 9 heteroatoms. The van der Waals surface area contributed by atoms with Crippen LogP contribution in [0.3, 0.4) is 0 Å². The molecular weight excluding hydrogens is 418 g/mol. The lowest BCUT2D eigenvalue weighted by atomic mass is 10.0. The lowest BCUT2D eigenvalue weighted by Crippen LogP contribution is -2.30. The largest absolute Gasteiger partial charge is 0.492 e. The van der Waals surface area contributed by atoms with E-state index in [-0.39, 0.29) is 17.4 Å². The Kier molecular flexibility index (Phi) is 5.50. The molecule has 0 amide bonds. The summed E-state index contributed by atoms with van der Waals surface area (Å²) in [6.45, 7) is 0.964. The molecule has 154 valence electrons. The SMILES string of the molecule is COCCCOc1cc2c(cc1Cl)-c1c(cc(C(=O)O)c(=O)n1C1CC1)CS2=O. The standard InChI is InChI=1S/C20H20ClNO6S/c1-27-5-2-6-28-16-9-17-13(8-15(16)21)18-11(10-29(17)26)7-14(20(24)25)19(23)22(18)12-3-4-12/h7-9,12H,2-6,10H2,1H3,(H,24,25). The summed E-state index contributed by atoms with van der Waals surface area (Å²) in [5, 5.41) is 9.77. The molecule has 1 atom stereocenters. The van der Waals surface area contributed by atoms with Crippen molar-refractivity contribution in [3.8, 4) is 17.0 Å². The van der Waals surface area contributed by atoms with Gasteiger partial charge in [0.15, 0.2) is 0 Å². The number of benzene rings is 1. The van der Waals surface area contributed by atoms with Crippen LogP contribution in [0.5, 0.6) is 5.75 Å². The van der Waals surface area contributed by atoms with Crippen LogP contribution in [0.15, 0.2) is 27.9 Å². The zero-order valence-electron chi connectivity index (χ0n) is 15.8. The van der Waals surface area contributed by atoms with Gasteiger partial charge in [-0.15, -0.1) is 0 Å². The second-order valence-corrected chi connectivity index (χ2v) is 8.93. The summed E-state index contributed by atoms with van der Waals surface area (Å²) in [6.07, 6.45) is 2.31. The van der Waals surface area contributed by atoms with E-state index >= 15 is 0 Å². The minimum atomic E-state index is -1.40. The van der Waals surface area contributed by atoms with Crippen LogP contribution in [0.1, 0.15) is 41.2 Å². The van der Waals surface area contributed by atoms with Gasteiger partial charge < -0.3 is 19.1 Å². The molecule has 1 aromatic heterocycles. The number of aromatic carboxylic acids is 1. The highest BCUT2D eigenvalue weighted by molar-refractivity contribution is 7.84. The first-order valence-corrected chi connectivity index (χ1v) is 11.0. The third-order valence-corrected chi connectivity index (χ3v) is 6.72.